The fraction of sp³-hybridized carbons (Fsp3) is 0.900. The fourth-order valence-corrected chi connectivity index (χ4v) is 2.37. The molecule has 0 aromatic carbocycles. The van der Waals surface area contributed by atoms with E-state index in [1.807, 2.05) is 6.92 Å². The molecule has 0 heterocycles. The minimum Gasteiger partial charge on any atom is -0.466 e. The van der Waals surface area contributed by atoms with Crippen LogP contribution in [-0.2, 0) is 19.6 Å². The van der Waals surface area contributed by atoms with Crippen LogP contribution in [0.5, 0.6) is 0 Å². The van der Waals surface area contributed by atoms with E-state index in [0.717, 1.165) is 6.42 Å². The number of rotatable bonds is 9. The summed E-state index contributed by atoms with van der Waals surface area (Å²) in [7, 11) is -3.16. The van der Waals surface area contributed by atoms with E-state index in [1.165, 1.54) is 0 Å². The van der Waals surface area contributed by atoms with Crippen molar-refractivity contribution in [1.29, 1.82) is 0 Å². The molecule has 0 radical (unpaired) electrons. The first kappa shape index (κ1) is 15.4. The maximum atomic E-state index is 11.3. The molecular weight excluding hydrogens is 230 g/mol. The monoisotopic (exact) mass is 251 g/mol. The summed E-state index contributed by atoms with van der Waals surface area (Å²) >= 11 is 0. The van der Waals surface area contributed by atoms with Gasteiger partial charge >= 0.3 is 5.97 Å². The largest absolute Gasteiger partial charge is 0.466 e. The molecule has 0 aromatic heterocycles. The van der Waals surface area contributed by atoms with Gasteiger partial charge in [-0.05, 0) is 19.8 Å². The second kappa shape index (κ2) is 8.52. The Labute approximate surface area is 97.6 Å². The highest BCUT2D eigenvalue weighted by Gasteiger charge is 2.08. The highest BCUT2D eigenvalue weighted by atomic mass is 32.2. The maximum Gasteiger partial charge on any atom is 0.305 e. The van der Waals surface area contributed by atoms with E-state index in [0.29, 0.717) is 26.0 Å². The van der Waals surface area contributed by atoms with Crippen molar-refractivity contribution < 1.29 is 17.9 Å². The highest BCUT2D eigenvalue weighted by molar-refractivity contribution is 7.89. The first-order chi connectivity index (χ1) is 7.52. The maximum absolute atomic E-state index is 11.3. The number of nitrogens with one attached hydrogen (secondary N) is 1. The topological polar surface area (TPSA) is 72.5 Å². The van der Waals surface area contributed by atoms with Crippen molar-refractivity contribution in [3.8, 4) is 0 Å². The fourth-order valence-electron chi connectivity index (χ4n) is 1.10. The average Bonchev–Trinajstić information content (AvgIpc) is 2.22. The lowest BCUT2D eigenvalue weighted by Crippen LogP contribution is -2.27. The predicted molar refractivity (Wildman–Crippen MR) is 62.6 cm³/mol. The standard InChI is InChI=1S/C10H21NO4S/c1-3-5-9-16(13,14)11-8-6-7-10(12)15-4-2/h11H,3-9H2,1-2H3. The number of esters is 1. The Morgan fingerprint density at radius 3 is 2.50 bits per heavy atom. The van der Waals surface area contributed by atoms with Gasteiger partial charge in [-0.2, -0.15) is 0 Å². The van der Waals surface area contributed by atoms with Gasteiger partial charge in [0.2, 0.25) is 10.0 Å². The summed E-state index contributed by atoms with van der Waals surface area (Å²) in [6.45, 7) is 4.34. The number of unbranched alkanes of at least 4 members (excludes halogenated alkanes) is 1. The summed E-state index contributed by atoms with van der Waals surface area (Å²) in [6.07, 6.45) is 2.24. The molecule has 0 atom stereocenters. The van der Waals surface area contributed by atoms with Crippen molar-refractivity contribution in [3.05, 3.63) is 0 Å². The SMILES string of the molecule is CCCCS(=O)(=O)NCCCC(=O)OCC. The summed E-state index contributed by atoms with van der Waals surface area (Å²) in [5.74, 6) is -0.127. The average molecular weight is 251 g/mol. The minimum atomic E-state index is -3.16. The first-order valence-electron chi connectivity index (χ1n) is 5.64. The van der Waals surface area contributed by atoms with Crippen LogP contribution in [0.3, 0.4) is 0 Å². The summed E-state index contributed by atoms with van der Waals surface area (Å²) in [5, 5.41) is 0. The van der Waals surface area contributed by atoms with Crippen molar-refractivity contribution in [1.82, 2.24) is 4.72 Å². The van der Waals surface area contributed by atoms with Crippen molar-refractivity contribution in [3.63, 3.8) is 0 Å². The van der Waals surface area contributed by atoms with Crippen molar-refractivity contribution in [2.45, 2.75) is 39.5 Å². The summed E-state index contributed by atoms with van der Waals surface area (Å²) in [5.41, 5.74) is 0. The molecule has 0 aliphatic heterocycles. The van der Waals surface area contributed by atoms with Gasteiger partial charge in [-0.1, -0.05) is 13.3 Å². The number of hydrogen-bond acceptors (Lipinski definition) is 4. The van der Waals surface area contributed by atoms with Crippen LogP contribution >= 0.6 is 0 Å². The second-order valence-corrected chi connectivity index (χ2v) is 5.40. The van der Waals surface area contributed by atoms with Crippen LogP contribution in [0.25, 0.3) is 0 Å². The number of ether oxygens (including phenoxy) is 1. The third kappa shape index (κ3) is 8.67. The van der Waals surface area contributed by atoms with Crippen molar-refractivity contribution >= 4 is 16.0 Å². The molecule has 1 N–H and O–H groups in total. The van der Waals surface area contributed by atoms with E-state index in [9.17, 15) is 13.2 Å². The zero-order chi connectivity index (χ0) is 12.4. The molecule has 0 aliphatic carbocycles. The summed E-state index contributed by atoms with van der Waals surface area (Å²) in [6, 6.07) is 0. The van der Waals surface area contributed by atoms with Crippen LogP contribution in [0.4, 0.5) is 0 Å². The molecule has 0 bridgehead atoms. The van der Waals surface area contributed by atoms with E-state index in [1.54, 1.807) is 6.92 Å². The number of hydrogen-bond donors (Lipinski definition) is 1. The Morgan fingerprint density at radius 1 is 1.25 bits per heavy atom. The van der Waals surface area contributed by atoms with E-state index in [2.05, 4.69) is 4.72 Å². The smallest absolute Gasteiger partial charge is 0.305 e. The Balaban J connectivity index is 3.61. The van der Waals surface area contributed by atoms with Gasteiger partial charge in [0.05, 0.1) is 12.4 Å². The van der Waals surface area contributed by atoms with Crippen LogP contribution in [0.1, 0.15) is 39.5 Å². The first-order valence-corrected chi connectivity index (χ1v) is 7.30. The highest BCUT2D eigenvalue weighted by Crippen LogP contribution is 1.96. The van der Waals surface area contributed by atoms with Gasteiger partial charge in [0.1, 0.15) is 0 Å². The molecule has 96 valence electrons. The van der Waals surface area contributed by atoms with E-state index < -0.39 is 10.0 Å². The summed E-state index contributed by atoms with van der Waals surface area (Å²) in [4.78, 5) is 10.9. The third-order valence-electron chi connectivity index (χ3n) is 1.95. The van der Waals surface area contributed by atoms with Gasteiger partial charge in [-0.3, -0.25) is 4.79 Å². The van der Waals surface area contributed by atoms with Crippen LogP contribution in [0.2, 0.25) is 0 Å². The molecule has 0 saturated carbocycles. The van der Waals surface area contributed by atoms with Gasteiger partial charge < -0.3 is 4.74 Å². The lowest BCUT2D eigenvalue weighted by molar-refractivity contribution is -0.143. The molecule has 0 aliphatic rings. The van der Waals surface area contributed by atoms with Crippen LogP contribution in [-0.4, -0.2) is 33.3 Å². The molecule has 0 aromatic rings. The molecular formula is C10H21NO4S. The number of sulfonamides is 1. The minimum absolute atomic E-state index is 0.156. The van der Waals surface area contributed by atoms with Crippen LogP contribution in [0.15, 0.2) is 0 Å². The molecule has 0 rings (SSSR count). The third-order valence-corrected chi connectivity index (χ3v) is 3.42. The zero-order valence-corrected chi connectivity index (χ0v) is 10.8. The Bertz CT molecular complexity index is 287. The van der Waals surface area contributed by atoms with Gasteiger partial charge in [0.15, 0.2) is 0 Å². The van der Waals surface area contributed by atoms with Crippen molar-refractivity contribution in [2.75, 3.05) is 18.9 Å². The van der Waals surface area contributed by atoms with Gasteiger partial charge in [-0.25, -0.2) is 13.1 Å². The predicted octanol–water partition coefficient (Wildman–Crippen LogP) is 1.05. The Hall–Kier alpha value is -0.620. The Kier molecular flexibility index (Phi) is 8.19. The molecule has 6 heteroatoms. The quantitative estimate of drug-likeness (QED) is 0.491. The zero-order valence-electron chi connectivity index (χ0n) is 9.99. The van der Waals surface area contributed by atoms with Crippen LogP contribution < -0.4 is 4.72 Å². The van der Waals surface area contributed by atoms with E-state index in [-0.39, 0.29) is 18.1 Å². The lowest BCUT2D eigenvalue weighted by atomic mass is 10.3. The summed E-state index contributed by atoms with van der Waals surface area (Å²) < 4.78 is 29.8. The second-order valence-electron chi connectivity index (χ2n) is 3.48. The molecule has 0 spiro atoms. The van der Waals surface area contributed by atoms with E-state index >= 15 is 0 Å². The van der Waals surface area contributed by atoms with Crippen LogP contribution in [0, 0.1) is 0 Å². The molecule has 16 heavy (non-hydrogen) atoms. The number of carbonyl (C=O) groups is 1. The molecule has 0 fully saturated rings. The normalized spacial score (nSPS) is 11.4. The Morgan fingerprint density at radius 2 is 1.94 bits per heavy atom. The van der Waals surface area contributed by atoms with Gasteiger partial charge in [0, 0.05) is 13.0 Å². The molecule has 0 unspecified atom stereocenters. The molecule has 0 saturated heterocycles. The number of carbonyl (C=O) groups excluding carboxylic acids is 1. The van der Waals surface area contributed by atoms with Gasteiger partial charge in [-0.15, -0.1) is 0 Å². The van der Waals surface area contributed by atoms with E-state index in [4.69, 9.17) is 4.74 Å². The molecule has 5 nitrogen and oxygen atoms in total. The van der Waals surface area contributed by atoms with Crippen molar-refractivity contribution in [2.24, 2.45) is 0 Å². The van der Waals surface area contributed by atoms with Gasteiger partial charge in [0.25, 0.3) is 0 Å². The lowest BCUT2D eigenvalue weighted by Gasteiger charge is -2.05. The molecule has 0 amide bonds.